The van der Waals surface area contributed by atoms with Crippen molar-refractivity contribution in [2.24, 2.45) is 0 Å². The SMILES string of the molecule is Cc1nc(Br)c2n1CCN(C(=O)OC(C)(C)C)C2. The fourth-order valence-corrected chi connectivity index (χ4v) is 2.58. The Morgan fingerprint density at radius 3 is 2.67 bits per heavy atom. The Bertz CT molecular complexity index is 476. The molecular weight excluding hydrogens is 298 g/mol. The van der Waals surface area contributed by atoms with Gasteiger partial charge in [-0.25, -0.2) is 9.78 Å². The van der Waals surface area contributed by atoms with E-state index in [2.05, 4.69) is 25.5 Å². The van der Waals surface area contributed by atoms with Crippen LogP contribution in [-0.2, 0) is 17.8 Å². The number of aryl methyl sites for hydroxylation is 1. The summed E-state index contributed by atoms with van der Waals surface area (Å²) in [7, 11) is 0. The van der Waals surface area contributed by atoms with Gasteiger partial charge in [-0.1, -0.05) is 0 Å². The predicted molar refractivity (Wildman–Crippen MR) is 71.3 cm³/mol. The lowest BCUT2D eigenvalue weighted by atomic mass is 10.2. The largest absolute Gasteiger partial charge is 0.444 e. The Labute approximate surface area is 115 Å². The van der Waals surface area contributed by atoms with Crippen LogP contribution >= 0.6 is 15.9 Å². The molecule has 0 fully saturated rings. The van der Waals surface area contributed by atoms with Crippen LogP contribution in [0.15, 0.2) is 4.60 Å². The highest BCUT2D eigenvalue weighted by molar-refractivity contribution is 9.10. The highest BCUT2D eigenvalue weighted by Crippen LogP contribution is 2.24. The summed E-state index contributed by atoms with van der Waals surface area (Å²) in [5.74, 6) is 0.973. The lowest BCUT2D eigenvalue weighted by Gasteiger charge is -2.31. The number of ether oxygens (including phenoxy) is 1. The Morgan fingerprint density at radius 2 is 2.06 bits per heavy atom. The van der Waals surface area contributed by atoms with Crippen molar-refractivity contribution in [2.75, 3.05) is 6.54 Å². The molecule has 18 heavy (non-hydrogen) atoms. The first-order valence-electron chi connectivity index (χ1n) is 5.97. The monoisotopic (exact) mass is 315 g/mol. The number of hydrogen-bond donors (Lipinski definition) is 0. The fraction of sp³-hybridized carbons (Fsp3) is 0.667. The highest BCUT2D eigenvalue weighted by atomic mass is 79.9. The van der Waals surface area contributed by atoms with Crippen molar-refractivity contribution in [3.8, 4) is 0 Å². The normalized spacial score (nSPS) is 15.5. The van der Waals surface area contributed by atoms with Crippen molar-refractivity contribution in [3.05, 3.63) is 16.1 Å². The number of carbonyl (C=O) groups is 1. The van der Waals surface area contributed by atoms with Crippen molar-refractivity contribution >= 4 is 22.0 Å². The van der Waals surface area contributed by atoms with E-state index in [0.29, 0.717) is 13.1 Å². The molecule has 1 aliphatic rings. The van der Waals surface area contributed by atoms with Crippen LogP contribution in [0.1, 0.15) is 32.3 Å². The topological polar surface area (TPSA) is 47.4 Å². The first kappa shape index (κ1) is 13.4. The van der Waals surface area contributed by atoms with Gasteiger partial charge in [0, 0.05) is 13.1 Å². The summed E-state index contributed by atoms with van der Waals surface area (Å²) in [6.07, 6.45) is -0.264. The minimum Gasteiger partial charge on any atom is -0.444 e. The van der Waals surface area contributed by atoms with Crippen LogP contribution in [0, 0.1) is 6.92 Å². The molecule has 0 spiro atoms. The Balaban J connectivity index is 2.12. The molecular formula is C12H18BrN3O2. The average molecular weight is 316 g/mol. The smallest absolute Gasteiger partial charge is 0.410 e. The molecule has 2 heterocycles. The van der Waals surface area contributed by atoms with Gasteiger partial charge >= 0.3 is 6.09 Å². The Morgan fingerprint density at radius 1 is 1.39 bits per heavy atom. The van der Waals surface area contributed by atoms with E-state index >= 15 is 0 Å². The number of imidazole rings is 1. The molecule has 0 atom stereocenters. The minimum atomic E-state index is -0.456. The minimum absolute atomic E-state index is 0.264. The van der Waals surface area contributed by atoms with Gasteiger partial charge < -0.3 is 14.2 Å². The molecule has 0 aromatic carbocycles. The van der Waals surface area contributed by atoms with Gasteiger partial charge in [0.2, 0.25) is 0 Å². The van der Waals surface area contributed by atoms with Crippen molar-refractivity contribution in [2.45, 2.75) is 46.4 Å². The summed E-state index contributed by atoms with van der Waals surface area (Å²) in [5, 5.41) is 0. The molecule has 1 aromatic heterocycles. The Hall–Kier alpha value is -1.04. The van der Waals surface area contributed by atoms with E-state index in [-0.39, 0.29) is 6.09 Å². The molecule has 1 aliphatic heterocycles. The van der Waals surface area contributed by atoms with E-state index < -0.39 is 5.60 Å². The highest BCUT2D eigenvalue weighted by Gasteiger charge is 2.28. The number of fused-ring (bicyclic) bond motifs is 1. The summed E-state index contributed by atoms with van der Waals surface area (Å²) in [6.45, 7) is 9.55. The molecule has 2 rings (SSSR count). The van der Waals surface area contributed by atoms with Crippen LogP contribution in [0.4, 0.5) is 4.79 Å². The predicted octanol–water partition coefficient (Wildman–Crippen LogP) is 2.70. The Kier molecular flexibility index (Phi) is 3.40. The molecule has 0 saturated carbocycles. The zero-order chi connectivity index (χ0) is 13.5. The van der Waals surface area contributed by atoms with Gasteiger partial charge in [-0.2, -0.15) is 0 Å². The van der Waals surface area contributed by atoms with Gasteiger partial charge in [-0.3, -0.25) is 0 Å². The lowest BCUT2D eigenvalue weighted by molar-refractivity contribution is 0.0198. The molecule has 0 aliphatic carbocycles. The third kappa shape index (κ3) is 2.68. The van der Waals surface area contributed by atoms with Crippen molar-refractivity contribution in [1.29, 1.82) is 0 Å². The molecule has 0 bridgehead atoms. The third-order valence-corrected chi connectivity index (χ3v) is 3.44. The molecule has 0 N–H and O–H groups in total. The molecule has 1 aromatic rings. The maximum atomic E-state index is 12.0. The van der Waals surface area contributed by atoms with Crippen LogP contribution in [-0.4, -0.2) is 32.7 Å². The summed E-state index contributed by atoms with van der Waals surface area (Å²) >= 11 is 3.43. The lowest BCUT2D eigenvalue weighted by Crippen LogP contribution is -2.41. The second-order valence-electron chi connectivity index (χ2n) is 5.45. The van der Waals surface area contributed by atoms with Gasteiger partial charge in [0.25, 0.3) is 0 Å². The molecule has 1 amide bonds. The number of amides is 1. The van der Waals surface area contributed by atoms with E-state index in [1.807, 2.05) is 27.7 Å². The van der Waals surface area contributed by atoms with Gasteiger partial charge in [0.05, 0.1) is 12.2 Å². The summed E-state index contributed by atoms with van der Waals surface area (Å²) in [6, 6.07) is 0. The van der Waals surface area contributed by atoms with Crippen molar-refractivity contribution in [3.63, 3.8) is 0 Å². The van der Waals surface area contributed by atoms with Gasteiger partial charge in [-0.15, -0.1) is 0 Å². The van der Waals surface area contributed by atoms with Crippen molar-refractivity contribution in [1.82, 2.24) is 14.5 Å². The number of halogens is 1. The number of aromatic nitrogens is 2. The van der Waals surface area contributed by atoms with E-state index in [9.17, 15) is 4.79 Å². The molecule has 0 unspecified atom stereocenters. The molecule has 5 nitrogen and oxygen atoms in total. The summed E-state index contributed by atoms with van der Waals surface area (Å²) in [4.78, 5) is 18.1. The van der Waals surface area contributed by atoms with Crippen LogP contribution in [0.25, 0.3) is 0 Å². The maximum absolute atomic E-state index is 12.0. The second kappa shape index (κ2) is 4.57. The molecule has 0 saturated heterocycles. The first-order valence-corrected chi connectivity index (χ1v) is 6.76. The first-order chi connectivity index (χ1) is 8.28. The van der Waals surface area contributed by atoms with Crippen LogP contribution < -0.4 is 0 Å². The molecule has 0 radical (unpaired) electrons. The van der Waals surface area contributed by atoms with Crippen LogP contribution in [0.5, 0.6) is 0 Å². The zero-order valence-electron chi connectivity index (χ0n) is 11.2. The third-order valence-electron chi connectivity index (χ3n) is 2.80. The molecule has 100 valence electrons. The van der Waals surface area contributed by atoms with Gasteiger partial charge in [0.15, 0.2) is 0 Å². The van der Waals surface area contributed by atoms with Gasteiger partial charge in [-0.05, 0) is 43.6 Å². The van der Waals surface area contributed by atoms with E-state index in [4.69, 9.17) is 4.74 Å². The fourth-order valence-electron chi connectivity index (χ4n) is 1.98. The van der Waals surface area contributed by atoms with E-state index in [1.165, 1.54) is 0 Å². The van der Waals surface area contributed by atoms with Crippen LogP contribution in [0.3, 0.4) is 0 Å². The summed E-state index contributed by atoms with van der Waals surface area (Å²) in [5.41, 5.74) is 0.576. The number of nitrogens with zero attached hydrogens (tertiary/aromatic N) is 3. The van der Waals surface area contributed by atoms with Gasteiger partial charge in [0.1, 0.15) is 16.0 Å². The number of rotatable bonds is 0. The number of hydrogen-bond acceptors (Lipinski definition) is 3. The van der Waals surface area contributed by atoms with Crippen LogP contribution in [0.2, 0.25) is 0 Å². The molecule has 6 heteroatoms. The number of carbonyl (C=O) groups excluding carboxylic acids is 1. The second-order valence-corrected chi connectivity index (χ2v) is 6.20. The summed E-state index contributed by atoms with van der Waals surface area (Å²) < 4.78 is 8.32. The average Bonchev–Trinajstić information content (AvgIpc) is 2.52. The quantitative estimate of drug-likeness (QED) is 0.739. The van der Waals surface area contributed by atoms with Crippen molar-refractivity contribution < 1.29 is 9.53 Å². The standard InChI is InChI=1S/C12H18BrN3O2/c1-8-14-10(13)9-7-15(5-6-16(8)9)11(17)18-12(2,3)4/h5-7H2,1-4H3. The van der Waals surface area contributed by atoms with E-state index in [1.54, 1.807) is 4.90 Å². The maximum Gasteiger partial charge on any atom is 0.410 e. The van der Waals surface area contributed by atoms with E-state index in [0.717, 1.165) is 22.7 Å². The zero-order valence-corrected chi connectivity index (χ0v) is 12.7.